The molecule has 1 aromatic rings. The van der Waals surface area contributed by atoms with E-state index < -0.39 is 0 Å². The number of methoxy groups -OCH3 is 1. The van der Waals surface area contributed by atoms with Gasteiger partial charge in [-0.1, -0.05) is 43.7 Å². The molecule has 0 aliphatic heterocycles. The number of carbonyl (C=O) groups is 1. The van der Waals surface area contributed by atoms with E-state index in [4.69, 9.17) is 4.74 Å². The van der Waals surface area contributed by atoms with Crippen LogP contribution in [0.4, 0.5) is 0 Å². The number of hydrogen-bond donors (Lipinski definition) is 0. The van der Waals surface area contributed by atoms with Gasteiger partial charge in [0.1, 0.15) is 0 Å². The average Bonchev–Trinajstić information content (AvgIpc) is 3.12. The molecule has 0 saturated heterocycles. The third-order valence-corrected chi connectivity index (χ3v) is 3.19. The van der Waals surface area contributed by atoms with Gasteiger partial charge >= 0.3 is 5.97 Å². The molecule has 1 fully saturated rings. The minimum atomic E-state index is -0.103. The van der Waals surface area contributed by atoms with Gasteiger partial charge in [-0.2, -0.15) is 0 Å². The Morgan fingerprint density at radius 1 is 1.35 bits per heavy atom. The standard InChI is InChI=1S/C13H16O2.C2H6/c1-10-4-3-5-11(8-10)13(6-7-13)9-12(14)15-2;1-2/h3-5,8H,6-7,9H2,1-2H3;1-2H3. The highest BCUT2D eigenvalue weighted by molar-refractivity contribution is 5.72. The fourth-order valence-corrected chi connectivity index (χ4v) is 2.04. The molecule has 0 aromatic heterocycles. The first-order valence-corrected chi connectivity index (χ1v) is 6.30. The van der Waals surface area contributed by atoms with E-state index in [9.17, 15) is 4.79 Å². The van der Waals surface area contributed by atoms with Crippen molar-refractivity contribution in [1.29, 1.82) is 0 Å². The Kier molecular flexibility index (Phi) is 4.73. The van der Waals surface area contributed by atoms with Gasteiger partial charge in [-0.25, -0.2) is 0 Å². The van der Waals surface area contributed by atoms with Crippen LogP contribution in [0.15, 0.2) is 24.3 Å². The molecule has 0 N–H and O–H groups in total. The molecule has 94 valence electrons. The van der Waals surface area contributed by atoms with Crippen molar-refractivity contribution in [2.45, 2.75) is 45.4 Å². The van der Waals surface area contributed by atoms with E-state index in [0.717, 1.165) is 12.8 Å². The van der Waals surface area contributed by atoms with Gasteiger partial charge in [0.05, 0.1) is 13.5 Å². The Balaban J connectivity index is 0.000000686. The Morgan fingerprint density at radius 2 is 2.00 bits per heavy atom. The van der Waals surface area contributed by atoms with Crippen molar-refractivity contribution in [3.8, 4) is 0 Å². The number of esters is 1. The summed E-state index contributed by atoms with van der Waals surface area (Å²) in [5.41, 5.74) is 2.62. The highest BCUT2D eigenvalue weighted by Gasteiger charge is 2.46. The molecule has 0 spiro atoms. The first-order chi connectivity index (χ1) is 8.16. The maximum Gasteiger partial charge on any atom is 0.306 e. The van der Waals surface area contributed by atoms with Crippen molar-refractivity contribution in [1.82, 2.24) is 0 Å². The summed E-state index contributed by atoms with van der Waals surface area (Å²) >= 11 is 0. The Morgan fingerprint density at radius 3 is 2.47 bits per heavy atom. The largest absolute Gasteiger partial charge is 0.469 e. The van der Waals surface area contributed by atoms with Gasteiger partial charge in [-0.15, -0.1) is 0 Å². The minimum absolute atomic E-state index is 0.0825. The summed E-state index contributed by atoms with van der Waals surface area (Å²) in [5, 5.41) is 0. The summed E-state index contributed by atoms with van der Waals surface area (Å²) in [6.07, 6.45) is 2.73. The molecule has 1 saturated carbocycles. The number of carbonyl (C=O) groups excluding carboxylic acids is 1. The van der Waals surface area contributed by atoms with Gasteiger partial charge in [0.25, 0.3) is 0 Å². The Hall–Kier alpha value is -1.31. The van der Waals surface area contributed by atoms with Crippen molar-refractivity contribution in [2.24, 2.45) is 0 Å². The van der Waals surface area contributed by atoms with Crippen LogP contribution in [0.2, 0.25) is 0 Å². The lowest BCUT2D eigenvalue weighted by atomic mass is 9.91. The number of aryl methyl sites for hydroxylation is 1. The van der Waals surface area contributed by atoms with Gasteiger partial charge in [-0.05, 0) is 25.3 Å². The Bertz CT molecular complexity index is 378. The molecule has 0 amide bonds. The van der Waals surface area contributed by atoms with Crippen LogP contribution in [0.3, 0.4) is 0 Å². The molecular weight excluding hydrogens is 212 g/mol. The van der Waals surface area contributed by atoms with E-state index in [1.54, 1.807) is 0 Å². The molecule has 0 bridgehead atoms. The van der Waals surface area contributed by atoms with Crippen LogP contribution in [0.25, 0.3) is 0 Å². The molecule has 1 aliphatic rings. The third-order valence-electron chi connectivity index (χ3n) is 3.19. The molecule has 0 atom stereocenters. The van der Waals surface area contributed by atoms with Gasteiger partial charge in [0, 0.05) is 5.41 Å². The molecule has 1 aromatic carbocycles. The minimum Gasteiger partial charge on any atom is -0.469 e. The highest BCUT2D eigenvalue weighted by Crippen LogP contribution is 2.51. The monoisotopic (exact) mass is 234 g/mol. The topological polar surface area (TPSA) is 26.3 Å². The van der Waals surface area contributed by atoms with Crippen LogP contribution < -0.4 is 0 Å². The summed E-state index contributed by atoms with van der Waals surface area (Å²) in [4.78, 5) is 11.3. The van der Waals surface area contributed by atoms with Gasteiger partial charge in [0.2, 0.25) is 0 Å². The van der Waals surface area contributed by atoms with Crippen LogP contribution in [0, 0.1) is 6.92 Å². The SMILES string of the molecule is CC.COC(=O)CC1(c2cccc(C)c2)CC1. The van der Waals surface area contributed by atoms with Crippen LogP contribution in [0.1, 0.15) is 44.2 Å². The lowest BCUT2D eigenvalue weighted by Crippen LogP contribution is -2.14. The second kappa shape index (κ2) is 5.85. The highest BCUT2D eigenvalue weighted by atomic mass is 16.5. The molecule has 0 heterocycles. The predicted molar refractivity (Wildman–Crippen MR) is 70.1 cm³/mol. The van der Waals surface area contributed by atoms with Crippen molar-refractivity contribution < 1.29 is 9.53 Å². The summed E-state index contributed by atoms with van der Waals surface area (Å²) in [5.74, 6) is -0.103. The summed E-state index contributed by atoms with van der Waals surface area (Å²) in [6, 6.07) is 8.43. The smallest absolute Gasteiger partial charge is 0.306 e. The van der Waals surface area contributed by atoms with Gasteiger partial charge in [0.15, 0.2) is 0 Å². The molecule has 17 heavy (non-hydrogen) atoms. The van der Waals surface area contributed by atoms with Crippen LogP contribution in [0.5, 0.6) is 0 Å². The van der Waals surface area contributed by atoms with Crippen molar-refractivity contribution in [3.63, 3.8) is 0 Å². The number of hydrogen-bond acceptors (Lipinski definition) is 2. The van der Waals surface area contributed by atoms with Crippen molar-refractivity contribution >= 4 is 5.97 Å². The Labute approximate surface area is 104 Å². The third kappa shape index (κ3) is 3.32. The number of benzene rings is 1. The molecule has 2 heteroatoms. The first kappa shape index (κ1) is 13.8. The van der Waals surface area contributed by atoms with E-state index in [0.29, 0.717) is 6.42 Å². The van der Waals surface area contributed by atoms with E-state index in [1.807, 2.05) is 13.8 Å². The van der Waals surface area contributed by atoms with Crippen LogP contribution >= 0.6 is 0 Å². The normalized spacial score (nSPS) is 15.5. The van der Waals surface area contributed by atoms with Gasteiger partial charge < -0.3 is 4.74 Å². The van der Waals surface area contributed by atoms with E-state index in [-0.39, 0.29) is 11.4 Å². The fraction of sp³-hybridized carbons (Fsp3) is 0.533. The van der Waals surface area contributed by atoms with Crippen molar-refractivity contribution in [2.75, 3.05) is 7.11 Å². The van der Waals surface area contributed by atoms with E-state index in [2.05, 4.69) is 31.2 Å². The quantitative estimate of drug-likeness (QED) is 0.747. The maximum atomic E-state index is 11.3. The molecule has 2 nitrogen and oxygen atoms in total. The first-order valence-electron chi connectivity index (χ1n) is 6.30. The molecular formula is C15H22O2. The second-order valence-electron chi connectivity index (χ2n) is 4.40. The molecule has 0 radical (unpaired) electrons. The van der Waals surface area contributed by atoms with Crippen LogP contribution in [-0.2, 0) is 14.9 Å². The molecule has 0 unspecified atom stereocenters. The van der Waals surface area contributed by atoms with Crippen LogP contribution in [-0.4, -0.2) is 13.1 Å². The van der Waals surface area contributed by atoms with Crippen molar-refractivity contribution in [3.05, 3.63) is 35.4 Å². The number of ether oxygens (including phenoxy) is 1. The second-order valence-corrected chi connectivity index (χ2v) is 4.40. The zero-order valence-electron chi connectivity index (χ0n) is 11.2. The maximum absolute atomic E-state index is 11.3. The number of rotatable bonds is 3. The predicted octanol–water partition coefficient (Wildman–Crippen LogP) is 3.62. The fourth-order valence-electron chi connectivity index (χ4n) is 2.04. The lowest BCUT2D eigenvalue weighted by molar-refractivity contribution is -0.141. The van der Waals surface area contributed by atoms with Gasteiger partial charge in [-0.3, -0.25) is 4.79 Å². The lowest BCUT2D eigenvalue weighted by Gasteiger charge is -2.14. The summed E-state index contributed by atoms with van der Waals surface area (Å²) < 4.78 is 4.74. The van der Waals surface area contributed by atoms with E-state index >= 15 is 0 Å². The van der Waals surface area contributed by atoms with E-state index in [1.165, 1.54) is 18.2 Å². The average molecular weight is 234 g/mol. The summed E-state index contributed by atoms with van der Waals surface area (Å²) in [6.45, 7) is 6.08. The zero-order chi connectivity index (χ0) is 12.9. The zero-order valence-corrected chi connectivity index (χ0v) is 11.2. The molecule has 1 aliphatic carbocycles. The molecule has 2 rings (SSSR count). The summed E-state index contributed by atoms with van der Waals surface area (Å²) in [7, 11) is 1.45.